The third-order valence-electron chi connectivity index (χ3n) is 3.11. The van der Waals surface area contributed by atoms with Crippen molar-refractivity contribution in [2.45, 2.75) is 6.42 Å². The molecule has 3 aromatic carbocycles. The number of fused-ring (bicyclic) bond motifs is 3. The van der Waals surface area contributed by atoms with Gasteiger partial charge in [-0.2, -0.15) is 6.08 Å². The van der Waals surface area contributed by atoms with E-state index in [2.05, 4.69) is 66.7 Å². The first-order valence-corrected chi connectivity index (χ1v) is 6.20. The smallest absolute Gasteiger partial charge is 0.273 e. The van der Waals surface area contributed by atoms with Crippen molar-refractivity contribution in [3.63, 3.8) is 0 Å². The van der Waals surface area contributed by atoms with Crippen LogP contribution in [0.25, 0.3) is 21.5 Å². The van der Waals surface area contributed by atoms with Crippen LogP contribution in [0, 0.1) is 6.08 Å². The number of rotatable bonds is 0. The van der Waals surface area contributed by atoms with Crippen LogP contribution in [0.2, 0.25) is 0 Å². The first kappa shape index (κ1) is 13.9. The molecule has 0 nitrogen and oxygen atoms in total. The van der Waals surface area contributed by atoms with E-state index in [0.717, 1.165) is 6.42 Å². The Morgan fingerprint density at radius 2 is 1.42 bits per heavy atom. The molecule has 0 atom stereocenters. The van der Waals surface area contributed by atoms with Gasteiger partial charge in [0.1, 0.15) is 0 Å². The van der Waals surface area contributed by atoms with Crippen LogP contribution >= 0.6 is 0 Å². The van der Waals surface area contributed by atoms with Crippen molar-refractivity contribution >= 4 is 21.5 Å². The Morgan fingerprint density at radius 3 is 1.84 bits per heavy atom. The zero-order valence-corrected chi connectivity index (χ0v) is 12.2. The summed E-state index contributed by atoms with van der Waals surface area (Å²) in [5.41, 5.74) is 0. The van der Waals surface area contributed by atoms with Gasteiger partial charge in [-0.15, -0.1) is 46.2 Å². The maximum Gasteiger partial charge on any atom is 2.00 e. The molecule has 1 aliphatic rings. The summed E-state index contributed by atoms with van der Waals surface area (Å²) in [4.78, 5) is 0. The molecule has 0 N–H and O–H groups in total. The Balaban J connectivity index is 0.000000190. The van der Waals surface area contributed by atoms with Gasteiger partial charge in [-0.3, -0.25) is 6.08 Å². The molecule has 0 spiro atoms. The molecule has 0 radical (unpaired) electrons. The Kier molecular flexibility index (Phi) is 4.84. The molecule has 0 heterocycles. The third-order valence-corrected chi connectivity index (χ3v) is 3.11. The van der Waals surface area contributed by atoms with E-state index >= 15 is 0 Å². The number of allylic oxidation sites excluding steroid dienone is 4. The summed E-state index contributed by atoms with van der Waals surface area (Å²) >= 11 is 0. The van der Waals surface area contributed by atoms with Gasteiger partial charge in [0.2, 0.25) is 0 Å². The molecule has 1 aliphatic carbocycles. The molecule has 4 rings (SSSR count). The molecular formula is C18H14Ti. The van der Waals surface area contributed by atoms with Crippen LogP contribution in [0.5, 0.6) is 0 Å². The van der Waals surface area contributed by atoms with Gasteiger partial charge in [-0.1, -0.05) is 36.4 Å². The summed E-state index contributed by atoms with van der Waals surface area (Å²) in [5, 5.41) is 5.39. The van der Waals surface area contributed by atoms with E-state index in [-0.39, 0.29) is 21.7 Å². The van der Waals surface area contributed by atoms with E-state index < -0.39 is 0 Å². The second-order valence-electron chi connectivity index (χ2n) is 4.32. The molecule has 19 heavy (non-hydrogen) atoms. The van der Waals surface area contributed by atoms with Gasteiger partial charge in [0.15, 0.2) is 0 Å². The minimum atomic E-state index is 0. The van der Waals surface area contributed by atoms with Crippen molar-refractivity contribution in [3.05, 3.63) is 78.9 Å². The Labute approximate surface area is 128 Å². The van der Waals surface area contributed by atoms with Crippen LogP contribution in [0.3, 0.4) is 0 Å². The molecule has 90 valence electrons. The molecule has 0 aliphatic heterocycles. The predicted octanol–water partition coefficient (Wildman–Crippen LogP) is 5.02. The molecule has 1 heteroatoms. The summed E-state index contributed by atoms with van der Waals surface area (Å²) in [7, 11) is 0. The Hall–Kier alpha value is -1.50. The monoisotopic (exact) mass is 278 g/mol. The van der Waals surface area contributed by atoms with E-state index in [1.54, 1.807) is 0 Å². The van der Waals surface area contributed by atoms with Crippen molar-refractivity contribution in [3.8, 4) is 0 Å². The fraction of sp³-hybridized carbons (Fsp3) is 0.0556. The molecule has 3 aromatic rings. The van der Waals surface area contributed by atoms with Gasteiger partial charge < -0.3 is 0 Å². The first-order chi connectivity index (χ1) is 8.95. The number of hydrogen-bond donors (Lipinski definition) is 0. The van der Waals surface area contributed by atoms with E-state index in [4.69, 9.17) is 0 Å². The van der Waals surface area contributed by atoms with Crippen LogP contribution < -0.4 is 0 Å². The molecule has 0 saturated heterocycles. The molecule has 0 unspecified atom stereocenters. The van der Waals surface area contributed by atoms with Crippen molar-refractivity contribution in [2.24, 2.45) is 0 Å². The van der Waals surface area contributed by atoms with Gasteiger partial charge >= 0.3 is 21.7 Å². The van der Waals surface area contributed by atoms with Crippen molar-refractivity contribution in [1.82, 2.24) is 0 Å². The predicted molar refractivity (Wildman–Crippen MR) is 78.6 cm³/mol. The summed E-state index contributed by atoms with van der Waals surface area (Å²) < 4.78 is 0. The maximum absolute atomic E-state index is 2.99. The SMILES string of the molecule is [C-]1=CC=CC1.[Ti+2].c1ccc2c(c1)[cH-]c1ccccc12. The Morgan fingerprint density at radius 1 is 0.842 bits per heavy atom. The van der Waals surface area contributed by atoms with Crippen molar-refractivity contribution in [2.75, 3.05) is 0 Å². The van der Waals surface area contributed by atoms with E-state index in [9.17, 15) is 0 Å². The standard InChI is InChI=1S/C13H9.C5H5.Ti/c1-3-7-12-10(5-1)9-11-6-2-4-8-13(11)12;1-2-4-5-3-1;/h1-9H;1-3H,4H2;/q2*-1;+2. The van der Waals surface area contributed by atoms with Gasteiger partial charge in [0.05, 0.1) is 0 Å². The second-order valence-corrected chi connectivity index (χ2v) is 4.32. The van der Waals surface area contributed by atoms with Crippen molar-refractivity contribution < 1.29 is 21.7 Å². The Bertz CT molecular complexity index is 656. The molecule has 0 aromatic heterocycles. The van der Waals surface area contributed by atoms with E-state index in [0.29, 0.717) is 0 Å². The molecule has 0 saturated carbocycles. The van der Waals surface area contributed by atoms with Gasteiger partial charge in [0, 0.05) is 0 Å². The van der Waals surface area contributed by atoms with Gasteiger partial charge in [-0.25, -0.2) is 12.2 Å². The fourth-order valence-corrected chi connectivity index (χ4v) is 2.24. The van der Waals surface area contributed by atoms with Crippen LogP contribution in [-0.4, -0.2) is 0 Å². The van der Waals surface area contributed by atoms with Gasteiger partial charge in [-0.05, 0) is 0 Å². The second kappa shape index (κ2) is 6.61. The zero-order chi connectivity index (χ0) is 12.2. The van der Waals surface area contributed by atoms with Crippen molar-refractivity contribution in [1.29, 1.82) is 0 Å². The topological polar surface area (TPSA) is 0 Å². The van der Waals surface area contributed by atoms with E-state index in [1.807, 2.05) is 12.2 Å². The summed E-state index contributed by atoms with van der Waals surface area (Å²) in [6.45, 7) is 0. The molecular weight excluding hydrogens is 264 g/mol. The minimum absolute atomic E-state index is 0. The molecule has 0 fully saturated rings. The van der Waals surface area contributed by atoms with E-state index in [1.165, 1.54) is 21.5 Å². The largest absolute Gasteiger partial charge is 2.00 e. The maximum atomic E-state index is 2.99. The quantitative estimate of drug-likeness (QED) is 0.400. The summed E-state index contributed by atoms with van der Waals surface area (Å²) in [6.07, 6.45) is 10.0. The summed E-state index contributed by atoms with van der Waals surface area (Å²) in [5.74, 6) is 0. The average molecular weight is 278 g/mol. The van der Waals surface area contributed by atoms with Crippen LogP contribution in [-0.2, 0) is 21.7 Å². The first-order valence-electron chi connectivity index (χ1n) is 6.20. The number of benzene rings is 2. The fourth-order valence-electron chi connectivity index (χ4n) is 2.24. The van der Waals surface area contributed by atoms with Crippen LogP contribution in [0.1, 0.15) is 6.42 Å². The summed E-state index contributed by atoms with van der Waals surface area (Å²) in [6, 6.07) is 19.3. The normalized spacial score (nSPS) is 12.2. The minimum Gasteiger partial charge on any atom is -0.273 e. The number of hydrogen-bond acceptors (Lipinski definition) is 0. The van der Waals surface area contributed by atoms with Crippen LogP contribution in [0.15, 0.2) is 72.8 Å². The molecule has 0 bridgehead atoms. The average Bonchev–Trinajstić information content (AvgIpc) is 3.10. The third kappa shape index (κ3) is 3.09. The van der Waals surface area contributed by atoms with Gasteiger partial charge in [0.25, 0.3) is 0 Å². The van der Waals surface area contributed by atoms with Crippen LogP contribution in [0.4, 0.5) is 0 Å². The zero-order valence-electron chi connectivity index (χ0n) is 10.6. The molecule has 0 amide bonds.